The summed E-state index contributed by atoms with van der Waals surface area (Å²) >= 11 is 0. The van der Waals surface area contributed by atoms with Gasteiger partial charge in [0.15, 0.2) is 5.82 Å². The highest BCUT2D eigenvalue weighted by Gasteiger charge is 2.23. The van der Waals surface area contributed by atoms with Gasteiger partial charge in [0.2, 0.25) is 5.65 Å². The Morgan fingerprint density at radius 2 is 1.96 bits per heavy atom. The van der Waals surface area contributed by atoms with Crippen molar-refractivity contribution in [2.45, 2.75) is 39.4 Å². The minimum absolute atomic E-state index is 0.108. The Morgan fingerprint density at radius 1 is 1.17 bits per heavy atom. The molecule has 4 heterocycles. The van der Waals surface area contributed by atoms with Gasteiger partial charge < -0.3 is 0 Å². The highest BCUT2D eigenvalue weighted by Crippen LogP contribution is 2.15. The molecule has 0 aromatic carbocycles. The standard InChI is InChI=1S/C16H19N7O/c1-11(2)14-18-19-15-16(24)22-8-7-21(10-13(22)20-23(14)15)9-12-3-5-17-6-4-12/h3-6,11H,7-10H2,1-2H3. The van der Waals surface area contributed by atoms with Crippen LogP contribution in [0.25, 0.3) is 5.65 Å². The molecule has 3 aromatic rings. The topological polar surface area (TPSA) is 81.2 Å². The SMILES string of the molecule is CC(C)c1nnc2c(=O)n3c(nn12)CN(Cc1ccncc1)CC3. The van der Waals surface area contributed by atoms with E-state index >= 15 is 0 Å². The maximum absolute atomic E-state index is 12.6. The molecule has 124 valence electrons. The maximum atomic E-state index is 12.6. The molecule has 0 aliphatic carbocycles. The van der Waals surface area contributed by atoms with E-state index in [1.807, 2.05) is 26.0 Å². The molecule has 8 heteroatoms. The molecular weight excluding hydrogens is 306 g/mol. The number of hydrogen-bond acceptors (Lipinski definition) is 6. The quantitative estimate of drug-likeness (QED) is 0.709. The van der Waals surface area contributed by atoms with Gasteiger partial charge in [-0.25, -0.2) is 0 Å². The smallest absolute Gasteiger partial charge is 0.290 e. The summed E-state index contributed by atoms with van der Waals surface area (Å²) in [5.41, 5.74) is 1.40. The van der Waals surface area contributed by atoms with Gasteiger partial charge in [0.25, 0.3) is 5.56 Å². The van der Waals surface area contributed by atoms with E-state index < -0.39 is 0 Å². The molecule has 0 saturated heterocycles. The van der Waals surface area contributed by atoms with Crippen molar-refractivity contribution < 1.29 is 0 Å². The fourth-order valence-electron chi connectivity index (χ4n) is 3.04. The molecular formula is C16H19N7O. The van der Waals surface area contributed by atoms with Gasteiger partial charge in [-0.2, -0.15) is 4.52 Å². The van der Waals surface area contributed by atoms with Gasteiger partial charge in [-0.1, -0.05) is 13.8 Å². The predicted octanol–water partition coefficient (Wildman–Crippen LogP) is 0.820. The number of pyridine rings is 1. The van der Waals surface area contributed by atoms with Crippen LogP contribution in [0.4, 0.5) is 0 Å². The average molecular weight is 325 g/mol. The lowest BCUT2D eigenvalue weighted by Gasteiger charge is -2.28. The number of hydrogen-bond donors (Lipinski definition) is 0. The van der Waals surface area contributed by atoms with Crippen LogP contribution in [-0.4, -0.2) is 40.8 Å². The summed E-state index contributed by atoms with van der Waals surface area (Å²) < 4.78 is 3.33. The van der Waals surface area contributed by atoms with Crippen molar-refractivity contribution in [2.24, 2.45) is 0 Å². The average Bonchev–Trinajstić information content (AvgIpc) is 3.00. The second-order valence-corrected chi connectivity index (χ2v) is 6.39. The first-order valence-corrected chi connectivity index (χ1v) is 8.10. The number of rotatable bonds is 3. The Morgan fingerprint density at radius 3 is 2.71 bits per heavy atom. The summed E-state index contributed by atoms with van der Waals surface area (Å²) in [5, 5.41) is 12.8. The number of nitrogens with zero attached hydrogens (tertiary/aromatic N) is 7. The van der Waals surface area contributed by atoms with Crippen LogP contribution in [0.15, 0.2) is 29.3 Å². The van der Waals surface area contributed by atoms with Crippen molar-refractivity contribution >= 4 is 5.65 Å². The zero-order valence-corrected chi connectivity index (χ0v) is 13.8. The lowest BCUT2D eigenvalue weighted by Crippen LogP contribution is -2.40. The summed E-state index contributed by atoms with van der Waals surface area (Å²) in [6, 6.07) is 4.02. The molecule has 1 aliphatic rings. The zero-order chi connectivity index (χ0) is 16.7. The summed E-state index contributed by atoms with van der Waals surface area (Å²) in [7, 11) is 0. The van der Waals surface area contributed by atoms with E-state index in [0.717, 1.165) is 24.7 Å². The van der Waals surface area contributed by atoms with Gasteiger partial charge in [0, 0.05) is 37.9 Å². The molecule has 0 bridgehead atoms. The first kappa shape index (κ1) is 14.9. The van der Waals surface area contributed by atoms with E-state index in [1.54, 1.807) is 21.5 Å². The fourth-order valence-corrected chi connectivity index (χ4v) is 3.04. The number of aromatic nitrogens is 6. The molecule has 0 atom stereocenters. The third-order valence-electron chi connectivity index (χ3n) is 4.31. The number of fused-ring (bicyclic) bond motifs is 2. The molecule has 4 rings (SSSR count). The van der Waals surface area contributed by atoms with Crippen LogP contribution >= 0.6 is 0 Å². The van der Waals surface area contributed by atoms with Gasteiger partial charge in [-0.3, -0.25) is 19.2 Å². The Balaban J connectivity index is 1.70. The largest absolute Gasteiger partial charge is 0.299 e. The van der Waals surface area contributed by atoms with E-state index in [1.165, 1.54) is 5.56 Å². The molecule has 0 amide bonds. The van der Waals surface area contributed by atoms with E-state index in [4.69, 9.17) is 0 Å². The van der Waals surface area contributed by atoms with Crippen LogP contribution in [-0.2, 0) is 19.6 Å². The van der Waals surface area contributed by atoms with Crippen molar-refractivity contribution in [3.8, 4) is 0 Å². The first-order valence-electron chi connectivity index (χ1n) is 8.10. The van der Waals surface area contributed by atoms with Crippen LogP contribution < -0.4 is 5.56 Å². The molecule has 0 unspecified atom stereocenters. The van der Waals surface area contributed by atoms with Crippen LogP contribution in [0.5, 0.6) is 0 Å². The summed E-state index contributed by atoms with van der Waals surface area (Å²) in [6.45, 7) is 6.90. The Labute approximate surface area is 138 Å². The third kappa shape index (κ3) is 2.48. The normalized spacial score (nSPS) is 15.1. The molecule has 0 N–H and O–H groups in total. The van der Waals surface area contributed by atoms with Gasteiger partial charge in [0.1, 0.15) is 5.82 Å². The van der Waals surface area contributed by atoms with Crippen LogP contribution in [0, 0.1) is 0 Å². The molecule has 0 spiro atoms. The van der Waals surface area contributed by atoms with E-state index in [9.17, 15) is 4.79 Å². The van der Waals surface area contributed by atoms with Crippen molar-refractivity contribution in [2.75, 3.05) is 6.54 Å². The van der Waals surface area contributed by atoms with Crippen molar-refractivity contribution in [1.29, 1.82) is 0 Å². The Hall–Kier alpha value is -2.61. The second kappa shape index (κ2) is 5.79. The Bertz CT molecular complexity index is 929. The minimum atomic E-state index is -0.108. The van der Waals surface area contributed by atoms with Crippen LogP contribution in [0.2, 0.25) is 0 Å². The Kier molecular flexibility index (Phi) is 3.61. The summed E-state index contributed by atoms with van der Waals surface area (Å²) in [6.07, 6.45) is 3.59. The monoisotopic (exact) mass is 325 g/mol. The predicted molar refractivity (Wildman–Crippen MR) is 87.5 cm³/mol. The van der Waals surface area contributed by atoms with Gasteiger partial charge >= 0.3 is 0 Å². The van der Waals surface area contributed by atoms with E-state index in [-0.39, 0.29) is 11.5 Å². The van der Waals surface area contributed by atoms with Gasteiger partial charge in [-0.05, 0) is 17.7 Å². The van der Waals surface area contributed by atoms with Crippen molar-refractivity contribution in [3.05, 3.63) is 52.1 Å². The third-order valence-corrected chi connectivity index (χ3v) is 4.31. The molecule has 1 aliphatic heterocycles. The zero-order valence-electron chi connectivity index (χ0n) is 13.8. The molecule has 24 heavy (non-hydrogen) atoms. The lowest BCUT2D eigenvalue weighted by molar-refractivity contribution is 0.201. The molecule has 3 aromatic heterocycles. The molecule has 0 saturated carbocycles. The van der Waals surface area contributed by atoms with Gasteiger partial charge in [0.05, 0.1) is 6.54 Å². The maximum Gasteiger partial charge on any atom is 0.299 e. The lowest BCUT2D eigenvalue weighted by atomic mass is 10.2. The molecule has 0 radical (unpaired) electrons. The van der Waals surface area contributed by atoms with Gasteiger partial charge in [-0.15, -0.1) is 15.3 Å². The second-order valence-electron chi connectivity index (χ2n) is 6.39. The minimum Gasteiger partial charge on any atom is -0.290 e. The van der Waals surface area contributed by atoms with Crippen LogP contribution in [0.1, 0.15) is 37.0 Å². The molecule has 0 fully saturated rings. The van der Waals surface area contributed by atoms with Crippen LogP contribution in [0.3, 0.4) is 0 Å². The van der Waals surface area contributed by atoms with E-state index in [0.29, 0.717) is 18.7 Å². The first-order chi connectivity index (χ1) is 11.6. The highest BCUT2D eigenvalue weighted by atomic mass is 16.1. The summed E-state index contributed by atoms with van der Waals surface area (Å²) in [5.74, 6) is 1.64. The van der Waals surface area contributed by atoms with Crippen molar-refractivity contribution in [3.63, 3.8) is 0 Å². The van der Waals surface area contributed by atoms with E-state index in [2.05, 4.69) is 25.2 Å². The highest BCUT2D eigenvalue weighted by molar-refractivity contribution is 5.34. The fraction of sp³-hybridized carbons (Fsp3) is 0.438. The summed E-state index contributed by atoms with van der Waals surface area (Å²) in [4.78, 5) is 19.0. The molecule has 8 nitrogen and oxygen atoms in total. The van der Waals surface area contributed by atoms with Crippen molar-refractivity contribution in [1.82, 2.24) is 34.3 Å².